The summed E-state index contributed by atoms with van der Waals surface area (Å²) in [6, 6.07) is 0. The lowest BCUT2D eigenvalue weighted by atomic mass is 10.2. The van der Waals surface area contributed by atoms with E-state index in [4.69, 9.17) is 9.47 Å². The molecule has 2 nitrogen and oxygen atoms in total. The van der Waals surface area contributed by atoms with Crippen LogP contribution in [-0.4, -0.2) is 25.4 Å². The number of epoxide rings is 1. The van der Waals surface area contributed by atoms with Crippen LogP contribution in [0.4, 0.5) is 0 Å². The molecule has 0 amide bonds. The number of ether oxygens (including phenoxy) is 2. The highest BCUT2D eigenvalue weighted by molar-refractivity contribution is 4.84. The van der Waals surface area contributed by atoms with E-state index in [0.717, 1.165) is 13.2 Å². The fourth-order valence-corrected chi connectivity index (χ4v) is 1.21. The van der Waals surface area contributed by atoms with Gasteiger partial charge in [0.15, 0.2) is 0 Å². The number of hydrogen-bond acceptors (Lipinski definition) is 2. The second kappa shape index (κ2) is 5.33. The molecule has 1 aliphatic heterocycles. The summed E-state index contributed by atoms with van der Waals surface area (Å²) in [4.78, 5) is 0. The van der Waals surface area contributed by atoms with Gasteiger partial charge in [-0.1, -0.05) is 25.5 Å². The smallest absolute Gasteiger partial charge is 0.107 e. The minimum absolute atomic E-state index is 0.384. The van der Waals surface area contributed by atoms with E-state index in [2.05, 4.69) is 6.92 Å². The summed E-state index contributed by atoms with van der Waals surface area (Å²) in [6.07, 6.45) is 7.26. The molecule has 0 bridgehead atoms. The predicted molar refractivity (Wildman–Crippen MR) is 49.2 cm³/mol. The Kier molecular flexibility index (Phi) is 4.33. The van der Waals surface area contributed by atoms with E-state index in [0.29, 0.717) is 12.2 Å². The van der Waals surface area contributed by atoms with Crippen molar-refractivity contribution >= 4 is 0 Å². The van der Waals surface area contributed by atoms with E-state index in [-0.39, 0.29) is 0 Å². The molecule has 0 radical (unpaired) electrons. The van der Waals surface area contributed by atoms with Crippen molar-refractivity contribution in [1.29, 1.82) is 0 Å². The quantitative estimate of drug-likeness (QED) is 0.346. The predicted octanol–water partition coefficient (Wildman–Crippen LogP) is 2.15. The molecule has 1 fully saturated rings. The summed E-state index contributed by atoms with van der Waals surface area (Å²) < 4.78 is 10.8. The van der Waals surface area contributed by atoms with Gasteiger partial charge >= 0.3 is 0 Å². The zero-order chi connectivity index (χ0) is 8.81. The van der Waals surface area contributed by atoms with Crippen LogP contribution < -0.4 is 0 Å². The van der Waals surface area contributed by atoms with Crippen molar-refractivity contribution in [3.8, 4) is 0 Å². The van der Waals surface area contributed by atoms with Gasteiger partial charge in [-0.3, -0.25) is 0 Å². The topological polar surface area (TPSA) is 21.8 Å². The molecular weight excluding hydrogens is 152 g/mol. The first kappa shape index (κ1) is 9.75. The average molecular weight is 170 g/mol. The lowest BCUT2D eigenvalue weighted by molar-refractivity contribution is 0.140. The molecule has 70 valence electrons. The fourth-order valence-electron chi connectivity index (χ4n) is 1.21. The van der Waals surface area contributed by atoms with Crippen molar-refractivity contribution in [2.45, 2.75) is 38.9 Å². The summed E-state index contributed by atoms with van der Waals surface area (Å²) in [5.74, 6) is 0. The van der Waals surface area contributed by atoms with Crippen LogP contribution >= 0.6 is 0 Å². The largest absolute Gasteiger partial charge is 0.375 e. The highest BCUT2D eigenvalue weighted by Gasteiger charge is 2.37. The Morgan fingerprint density at radius 1 is 1.42 bits per heavy atom. The van der Waals surface area contributed by atoms with Gasteiger partial charge in [-0.15, -0.1) is 0 Å². The fraction of sp³-hybridized carbons (Fsp3) is 0.800. The Hall–Kier alpha value is -0.340. The molecule has 0 aliphatic carbocycles. The number of hydrogen-bond donors (Lipinski definition) is 0. The van der Waals surface area contributed by atoms with E-state index < -0.39 is 0 Å². The minimum Gasteiger partial charge on any atom is -0.375 e. The molecule has 12 heavy (non-hydrogen) atoms. The van der Waals surface area contributed by atoms with Gasteiger partial charge in [0.25, 0.3) is 0 Å². The first-order chi connectivity index (χ1) is 5.88. The van der Waals surface area contributed by atoms with Gasteiger partial charge in [0, 0.05) is 0 Å². The molecule has 0 saturated carbocycles. The Morgan fingerprint density at radius 3 is 2.92 bits per heavy atom. The summed E-state index contributed by atoms with van der Waals surface area (Å²) in [6.45, 7) is 5.65. The monoisotopic (exact) mass is 170 g/mol. The van der Waals surface area contributed by atoms with Crippen LogP contribution in [0.25, 0.3) is 0 Å². The lowest BCUT2D eigenvalue weighted by Gasteiger charge is -1.95. The standard InChI is InChI=1S/C10H18O2/c1-3-5-7-11-8-10-9(12-10)6-4-2/h3,5,9-10H,4,6-8H2,1-2H3. The highest BCUT2D eigenvalue weighted by atomic mass is 16.6. The minimum atomic E-state index is 0.384. The first-order valence-electron chi connectivity index (χ1n) is 4.72. The van der Waals surface area contributed by atoms with Crippen LogP contribution in [0, 0.1) is 0 Å². The molecule has 1 rings (SSSR count). The zero-order valence-electron chi connectivity index (χ0n) is 7.95. The highest BCUT2D eigenvalue weighted by Crippen LogP contribution is 2.26. The molecule has 0 spiro atoms. The van der Waals surface area contributed by atoms with Gasteiger partial charge in [-0.05, 0) is 13.3 Å². The van der Waals surface area contributed by atoms with Gasteiger partial charge in [-0.2, -0.15) is 0 Å². The van der Waals surface area contributed by atoms with E-state index in [1.807, 2.05) is 19.1 Å². The third-order valence-electron chi connectivity index (χ3n) is 1.99. The summed E-state index contributed by atoms with van der Waals surface area (Å²) in [7, 11) is 0. The molecule has 2 atom stereocenters. The van der Waals surface area contributed by atoms with E-state index in [1.165, 1.54) is 12.8 Å². The Bertz CT molecular complexity index is 143. The summed E-state index contributed by atoms with van der Waals surface area (Å²) in [5.41, 5.74) is 0. The Balaban J connectivity index is 1.90. The Morgan fingerprint density at radius 2 is 2.25 bits per heavy atom. The molecule has 0 aromatic heterocycles. The van der Waals surface area contributed by atoms with E-state index >= 15 is 0 Å². The number of allylic oxidation sites excluding steroid dienone is 1. The number of rotatable bonds is 6. The average Bonchev–Trinajstić information content (AvgIpc) is 2.79. The molecule has 1 saturated heterocycles. The van der Waals surface area contributed by atoms with Crippen LogP contribution in [0.3, 0.4) is 0 Å². The van der Waals surface area contributed by atoms with E-state index in [1.54, 1.807) is 0 Å². The van der Waals surface area contributed by atoms with Crippen molar-refractivity contribution in [3.63, 3.8) is 0 Å². The molecule has 2 heteroatoms. The maximum atomic E-state index is 5.39. The van der Waals surface area contributed by atoms with E-state index in [9.17, 15) is 0 Å². The van der Waals surface area contributed by atoms with Crippen molar-refractivity contribution in [2.24, 2.45) is 0 Å². The molecule has 1 aliphatic rings. The second-order valence-electron chi connectivity index (χ2n) is 3.11. The SMILES string of the molecule is CC=CCOCC1OC1CCC. The van der Waals surface area contributed by atoms with Crippen LogP contribution in [0.5, 0.6) is 0 Å². The lowest BCUT2D eigenvalue weighted by Crippen LogP contribution is -2.04. The molecule has 2 unspecified atom stereocenters. The van der Waals surface area contributed by atoms with Crippen LogP contribution in [0.1, 0.15) is 26.7 Å². The van der Waals surface area contributed by atoms with Gasteiger partial charge in [0.2, 0.25) is 0 Å². The molecule has 0 aromatic carbocycles. The third-order valence-corrected chi connectivity index (χ3v) is 1.99. The van der Waals surface area contributed by atoms with Crippen molar-refractivity contribution in [2.75, 3.05) is 13.2 Å². The van der Waals surface area contributed by atoms with Crippen LogP contribution in [0.2, 0.25) is 0 Å². The first-order valence-corrected chi connectivity index (χ1v) is 4.72. The van der Waals surface area contributed by atoms with Crippen LogP contribution in [-0.2, 0) is 9.47 Å². The van der Waals surface area contributed by atoms with Crippen molar-refractivity contribution in [3.05, 3.63) is 12.2 Å². The van der Waals surface area contributed by atoms with Crippen molar-refractivity contribution < 1.29 is 9.47 Å². The van der Waals surface area contributed by atoms with Gasteiger partial charge in [-0.25, -0.2) is 0 Å². The van der Waals surface area contributed by atoms with Gasteiger partial charge in [0.1, 0.15) is 6.10 Å². The summed E-state index contributed by atoms with van der Waals surface area (Å²) in [5, 5.41) is 0. The summed E-state index contributed by atoms with van der Waals surface area (Å²) >= 11 is 0. The molecule has 1 heterocycles. The van der Waals surface area contributed by atoms with Crippen molar-refractivity contribution in [1.82, 2.24) is 0 Å². The second-order valence-corrected chi connectivity index (χ2v) is 3.11. The van der Waals surface area contributed by atoms with Gasteiger partial charge in [0.05, 0.1) is 19.3 Å². The normalized spacial score (nSPS) is 28.2. The zero-order valence-corrected chi connectivity index (χ0v) is 7.95. The third kappa shape index (κ3) is 3.37. The Labute approximate surface area is 74.6 Å². The molecular formula is C10H18O2. The molecule has 0 aromatic rings. The van der Waals surface area contributed by atoms with Gasteiger partial charge < -0.3 is 9.47 Å². The maximum absolute atomic E-state index is 5.39. The molecule has 0 N–H and O–H groups in total. The maximum Gasteiger partial charge on any atom is 0.107 e. The van der Waals surface area contributed by atoms with Crippen LogP contribution in [0.15, 0.2) is 12.2 Å².